The van der Waals surface area contributed by atoms with Gasteiger partial charge in [-0.05, 0) is 92.7 Å². The average molecular weight is 588 g/mol. The fourth-order valence-corrected chi connectivity index (χ4v) is 7.01. The molecule has 0 N–H and O–H groups in total. The Labute approximate surface area is 253 Å². The summed E-state index contributed by atoms with van der Waals surface area (Å²) in [5, 5.41) is 1.45. The van der Waals surface area contributed by atoms with Crippen LogP contribution in [0.1, 0.15) is 45.5 Å². The molecular formula is C35H24Cl2N4O. The fraction of sp³-hybridized carbons (Fsp3) is 0.114. The van der Waals surface area contributed by atoms with Gasteiger partial charge in [-0.1, -0.05) is 71.7 Å². The maximum absolute atomic E-state index is 14.8. The van der Waals surface area contributed by atoms with E-state index in [4.69, 9.17) is 23.2 Å². The summed E-state index contributed by atoms with van der Waals surface area (Å²) >= 11 is 12.6. The van der Waals surface area contributed by atoms with Crippen molar-refractivity contribution in [3.05, 3.63) is 154 Å². The number of hydrogen-bond acceptors (Lipinski definition) is 3. The van der Waals surface area contributed by atoms with E-state index in [2.05, 4.69) is 58.5 Å². The first-order valence-corrected chi connectivity index (χ1v) is 14.6. The molecule has 2 aromatic heterocycles. The van der Waals surface area contributed by atoms with Crippen molar-refractivity contribution in [2.45, 2.75) is 24.9 Å². The topological polar surface area (TPSA) is 52.7 Å². The zero-order valence-corrected chi connectivity index (χ0v) is 23.9. The summed E-state index contributed by atoms with van der Waals surface area (Å²) in [5.74, 6) is 0.0306. The number of nitrogens with zero attached hydrogens (tertiary/aromatic N) is 4. The summed E-state index contributed by atoms with van der Waals surface area (Å²) in [6, 6.07) is 23.6. The molecule has 7 heteroatoms. The van der Waals surface area contributed by atoms with Gasteiger partial charge in [-0.25, -0.2) is 9.97 Å². The van der Waals surface area contributed by atoms with Crippen molar-refractivity contribution in [3.63, 3.8) is 0 Å². The van der Waals surface area contributed by atoms with Crippen molar-refractivity contribution in [2.24, 2.45) is 0 Å². The molecule has 2 aliphatic carbocycles. The number of Topliss-reactive ketones (excluding diaryl/α,β-unsaturated/α-hetero) is 1. The Morgan fingerprint density at radius 1 is 0.595 bits per heavy atom. The van der Waals surface area contributed by atoms with E-state index in [0.29, 0.717) is 0 Å². The number of imidazole rings is 2. The molecule has 5 nitrogen and oxygen atoms in total. The summed E-state index contributed by atoms with van der Waals surface area (Å²) in [7, 11) is 0. The van der Waals surface area contributed by atoms with E-state index in [1.807, 2.05) is 45.8 Å². The number of fused-ring (bicyclic) bond motifs is 6. The first kappa shape index (κ1) is 25.3. The highest BCUT2D eigenvalue weighted by molar-refractivity contribution is 6.31. The highest BCUT2D eigenvalue weighted by Crippen LogP contribution is 2.42. The van der Waals surface area contributed by atoms with Crippen molar-refractivity contribution in [1.29, 1.82) is 0 Å². The van der Waals surface area contributed by atoms with Gasteiger partial charge >= 0.3 is 0 Å². The number of benzene rings is 4. The van der Waals surface area contributed by atoms with E-state index in [-0.39, 0.29) is 5.78 Å². The van der Waals surface area contributed by atoms with Crippen molar-refractivity contribution < 1.29 is 4.79 Å². The van der Waals surface area contributed by atoms with Gasteiger partial charge in [0.1, 0.15) is 12.1 Å². The molecule has 2 heterocycles. The second-order valence-corrected chi connectivity index (χ2v) is 11.9. The second-order valence-electron chi connectivity index (χ2n) is 11.0. The standard InChI is InChI=1S/C35H24Cl2N4O/c36-27-5-1-21-13-25-15-23(3-7-29(25)31(21)17-27)33(40-11-9-38-19-40)35(42)34(41-12-10-39-20-41)24-4-8-30-26(16-24)14-22-2-6-28(37)18-32(22)30/h1-12,15-20,33-34H,13-14H2. The maximum Gasteiger partial charge on any atom is 0.187 e. The summed E-state index contributed by atoms with van der Waals surface area (Å²) in [6.45, 7) is 0. The lowest BCUT2D eigenvalue weighted by molar-refractivity contribution is -0.123. The number of rotatable bonds is 6. The molecule has 2 aliphatic rings. The summed E-state index contributed by atoms with van der Waals surface area (Å²) in [5.41, 5.74) is 11.4. The second kappa shape index (κ2) is 9.83. The van der Waals surface area contributed by atoms with Crippen LogP contribution < -0.4 is 0 Å². The van der Waals surface area contributed by atoms with Gasteiger partial charge in [0.2, 0.25) is 0 Å². The third-order valence-corrected chi connectivity index (χ3v) is 9.03. The minimum atomic E-state index is -0.582. The molecule has 0 saturated heterocycles. The van der Waals surface area contributed by atoms with Gasteiger partial charge in [0.15, 0.2) is 5.78 Å². The van der Waals surface area contributed by atoms with Crippen molar-refractivity contribution in [3.8, 4) is 22.3 Å². The van der Waals surface area contributed by atoms with Gasteiger partial charge in [-0.15, -0.1) is 0 Å². The minimum Gasteiger partial charge on any atom is -0.323 e. The Bertz CT molecular complexity index is 1850. The molecule has 0 aliphatic heterocycles. The summed E-state index contributed by atoms with van der Waals surface area (Å²) in [4.78, 5) is 23.4. The quantitative estimate of drug-likeness (QED) is 0.198. The SMILES string of the molecule is O=C(C(c1ccc2c(c1)Cc1ccc(Cl)cc1-2)n1ccnc1)C(c1ccc2c(c1)Cc1ccc(Cl)cc1-2)n1ccnc1. The van der Waals surface area contributed by atoms with Gasteiger partial charge in [0, 0.05) is 34.8 Å². The lowest BCUT2D eigenvalue weighted by Crippen LogP contribution is -2.29. The summed E-state index contributed by atoms with van der Waals surface area (Å²) < 4.78 is 3.80. The normalized spacial score (nSPS) is 14.1. The molecule has 2 unspecified atom stereocenters. The number of ketones is 1. The molecule has 0 radical (unpaired) electrons. The Hall–Kier alpha value is -4.45. The average Bonchev–Trinajstić information content (AvgIpc) is 3.80. The highest BCUT2D eigenvalue weighted by Gasteiger charge is 2.34. The maximum atomic E-state index is 14.8. The minimum absolute atomic E-state index is 0.0306. The van der Waals surface area contributed by atoms with Crippen molar-refractivity contribution in [2.75, 3.05) is 0 Å². The Morgan fingerprint density at radius 2 is 1.07 bits per heavy atom. The molecule has 0 spiro atoms. The third-order valence-electron chi connectivity index (χ3n) is 8.56. The van der Waals surface area contributed by atoms with Gasteiger partial charge in [-0.2, -0.15) is 0 Å². The van der Waals surface area contributed by atoms with Crippen LogP contribution in [-0.2, 0) is 17.6 Å². The zero-order valence-electron chi connectivity index (χ0n) is 22.4. The first-order valence-electron chi connectivity index (χ1n) is 13.9. The molecule has 42 heavy (non-hydrogen) atoms. The molecule has 0 bridgehead atoms. The van der Waals surface area contributed by atoms with Crippen LogP contribution in [0.2, 0.25) is 10.0 Å². The number of carbonyl (C=O) groups excluding carboxylic acids is 1. The number of hydrogen-bond donors (Lipinski definition) is 0. The van der Waals surface area contributed by atoms with E-state index in [1.54, 1.807) is 25.0 Å². The highest BCUT2D eigenvalue weighted by atomic mass is 35.5. The Kier molecular flexibility index (Phi) is 5.92. The van der Waals surface area contributed by atoms with Crippen LogP contribution in [-0.4, -0.2) is 24.9 Å². The van der Waals surface area contributed by atoms with Crippen LogP contribution in [0.3, 0.4) is 0 Å². The van der Waals surface area contributed by atoms with E-state index in [0.717, 1.165) is 56.3 Å². The zero-order chi connectivity index (χ0) is 28.4. The van der Waals surface area contributed by atoms with Crippen LogP contribution in [0.25, 0.3) is 22.3 Å². The fourth-order valence-electron chi connectivity index (χ4n) is 6.66. The van der Waals surface area contributed by atoms with Crippen molar-refractivity contribution >= 4 is 29.0 Å². The first-order chi connectivity index (χ1) is 20.5. The van der Waals surface area contributed by atoms with Gasteiger partial charge in [0.05, 0.1) is 12.7 Å². The molecule has 8 rings (SSSR count). The molecule has 0 saturated carbocycles. The van der Waals surface area contributed by atoms with Gasteiger partial charge in [0.25, 0.3) is 0 Å². The molecular weight excluding hydrogens is 563 g/mol. The lowest BCUT2D eigenvalue weighted by atomic mass is 9.90. The molecule has 0 amide bonds. The lowest BCUT2D eigenvalue weighted by Gasteiger charge is -2.26. The van der Waals surface area contributed by atoms with E-state index in [9.17, 15) is 4.79 Å². The molecule has 2 atom stereocenters. The largest absolute Gasteiger partial charge is 0.323 e. The Balaban J connectivity index is 1.22. The van der Waals surface area contributed by atoms with Crippen LogP contribution in [0.4, 0.5) is 0 Å². The molecule has 4 aromatic carbocycles. The van der Waals surface area contributed by atoms with E-state index < -0.39 is 12.1 Å². The van der Waals surface area contributed by atoms with Gasteiger partial charge in [-0.3, -0.25) is 4.79 Å². The van der Waals surface area contributed by atoms with E-state index >= 15 is 0 Å². The predicted molar refractivity (Wildman–Crippen MR) is 165 cm³/mol. The third kappa shape index (κ3) is 4.12. The van der Waals surface area contributed by atoms with Crippen LogP contribution in [0, 0.1) is 0 Å². The van der Waals surface area contributed by atoms with Gasteiger partial charge < -0.3 is 9.13 Å². The molecule has 6 aromatic rings. The smallest absolute Gasteiger partial charge is 0.187 e. The monoisotopic (exact) mass is 586 g/mol. The molecule has 0 fully saturated rings. The van der Waals surface area contributed by atoms with Crippen LogP contribution in [0.5, 0.6) is 0 Å². The van der Waals surface area contributed by atoms with Crippen LogP contribution in [0.15, 0.2) is 110 Å². The van der Waals surface area contributed by atoms with Crippen LogP contribution >= 0.6 is 23.2 Å². The number of carbonyl (C=O) groups is 1. The van der Waals surface area contributed by atoms with Crippen molar-refractivity contribution in [1.82, 2.24) is 19.1 Å². The molecule has 204 valence electrons. The Morgan fingerprint density at radius 3 is 1.50 bits per heavy atom. The number of aromatic nitrogens is 4. The summed E-state index contributed by atoms with van der Waals surface area (Å²) in [6.07, 6.45) is 12.2. The number of halogens is 2. The predicted octanol–water partition coefficient (Wildman–Crippen LogP) is 7.98. The van der Waals surface area contributed by atoms with E-state index in [1.165, 1.54) is 22.3 Å².